The van der Waals surface area contributed by atoms with Crippen LogP contribution in [0.1, 0.15) is 52.5 Å². The van der Waals surface area contributed by atoms with Crippen LogP contribution in [-0.4, -0.2) is 36.0 Å². The maximum atomic E-state index is 14.8. The fourth-order valence-electron chi connectivity index (χ4n) is 5.23. The van der Waals surface area contributed by atoms with Gasteiger partial charge in [-0.05, 0) is 84.0 Å². The van der Waals surface area contributed by atoms with E-state index >= 15 is 0 Å². The molecule has 4 aromatic rings. The van der Waals surface area contributed by atoms with E-state index in [1.54, 1.807) is 6.07 Å². The predicted molar refractivity (Wildman–Crippen MR) is 146 cm³/mol. The van der Waals surface area contributed by atoms with Crippen molar-refractivity contribution in [2.45, 2.75) is 38.6 Å². The number of carbonyl (C=O) groups is 3. The number of hydrogen-bond acceptors (Lipinski definition) is 4. The molecule has 1 saturated carbocycles. The number of benzene rings is 3. The zero-order valence-corrected chi connectivity index (χ0v) is 22.0. The van der Waals surface area contributed by atoms with Gasteiger partial charge >= 0.3 is 5.97 Å². The summed E-state index contributed by atoms with van der Waals surface area (Å²) in [6, 6.07) is 12.6. The number of hydrogen-bond donors (Lipinski definition) is 3. The molecule has 40 heavy (non-hydrogen) atoms. The minimum atomic E-state index is -1.10. The van der Waals surface area contributed by atoms with E-state index in [0.29, 0.717) is 33.6 Å². The first-order valence-corrected chi connectivity index (χ1v) is 13.1. The molecule has 0 aliphatic heterocycles. The molecule has 1 heterocycles. The summed E-state index contributed by atoms with van der Waals surface area (Å²) < 4.78 is 34.4. The number of carboxylic acids is 1. The Bertz CT molecular complexity index is 1620. The van der Waals surface area contributed by atoms with Crippen LogP contribution in [0.5, 0.6) is 0 Å². The van der Waals surface area contributed by atoms with Crippen LogP contribution in [0.25, 0.3) is 33.4 Å². The predicted octanol–water partition coefficient (Wildman–Crippen LogP) is 5.95. The molecular formula is C31H28F2N2O5. The molecule has 2 amide bonds. The molecule has 0 saturated heterocycles. The summed E-state index contributed by atoms with van der Waals surface area (Å²) in [5, 5.41) is 15.5. The summed E-state index contributed by atoms with van der Waals surface area (Å²) >= 11 is 0. The second-order valence-electron chi connectivity index (χ2n) is 10.1. The van der Waals surface area contributed by atoms with Gasteiger partial charge in [0.25, 0.3) is 11.8 Å². The second kappa shape index (κ2) is 10.9. The van der Waals surface area contributed by atoms with E-state index in [0.717, 1.165) is 19.3 Å². The van der Waals surface area contributed by atoms with Crippen molar-refractivity contribution in [2.75, 3.05) is 7.05 Å². The molecule has 206 valence electrons. The normalized spacial score (nSPS) is 16.4. The number of aliphatic carboxylic acids is 1. The Morgan fingerprint density at radius 2 is 1.68 bits per heavy atom. The lowest BCUT2D eigenvalue weighted by Gasteiger charge is -2.35. The molecule has 1 aliphatic carbocycles. The van der Waals surface area contributed by atoms with Crippen LogP contribution in [0.4, 0.5) is 8.78 Å². The highest BCUT2D eigenvalue weighted by atomic mass is 19.1. The maximum Gasteiger partial charge on any atom is 0.307 e. The number of fused-ring (bicyclic) bond motifs is 1. The molecule has 5 rings (SSSR count). The highest BCUT2D eigenvalue weighted by molar-refractivity contribution is 6.12. The lowest BCUT2D eigenvalue weighted by molar-refractivity contribution is -0.136. The van der Waals surface area contributed by atoms with Gasteiger partial charge in [0, 0.05) is 24.0 Å². The molecular weight excluding hydrogens is 518 g/mol. The third-order valence-corrected chi connectivity index (χ3v) is 7.49. The van der Waals surface area contributed by atoms with Crippen molar-refractivity contribution < 1.29 is 32.7 Å². The van der Waals surface area contributed by atoms with E-state index < -0.39 is 29.4 Å². The number of amides is 2. The van der Waals surface area contributed by atoms with E-state index in [1.807, 2.05) is 0 Å². The topological polar surface area (TPSA) is 109 Å². The van der Waals surface area contributed by atoms with Crippen LogP contribution in [0.2, 0.25) is 0 Å². The summed E-state index contributed by atoms with van der Waals surface area (Å²) in [5.74, 6) is -2.50. The maximum absolute atomic E-state index is 14.8. The van der Waals surface area contributed by atoms with E-state index in [2.05, 4.69) is 17.6 Å². The highest BCUT2D eigenvalue weighted by Crippen LogP contribution is 2.38. The van der Waals surface area contributed by atoms with Gasteiger partial charge in [0.2, 0.25) is 0 Å². The van der Waals surface area contributed by atoms with Gasteiger partial charge in [-0.2, -0.15) is 0 Å². The number of rotatable bonds is 8. The van der Waals surface area contributed by atoms with Gasteiger partial charge in [-0.1, -0.05) is 19.4 Å². The lowest BCUT2D eigenvalue weighted by atomic mass is 9.78. The average molecular weight is 547 g/mol. The number of nitrogens with one attached hydrogen (secondary N) is 2. The summed E-state index contributed by atoms with van der Waals surface area (Å²) in [6.07, 6.45) is 2.34. The van der Waals surface area contributed by atoms with Gasteiger partial charge in [-0.3, -0.25) is 14.4 Å². The quantitative estimate of drug-likeness (QED) is 0.253. The molecule has 3 N–H and O–H groups in total. The van der Waals surface area contributed by atoms with E-state index in [9.17, 15) is 28.3 Å². The molecule has 7 nitrogen and oxygen atoms in total. The molecule has 9 heteroatoms. The monoisotopic (exact) mass is 546 g/mol. The summed E-state index contributed by atoms with van der Waals surface area (Å²) in [5.41, 5.74) is 1.93. The Morgan fingerprint density at radius 3 is 2.33 bits per heavy atom. The van der Waals surface area contributed by atoms with Crippen molar-refractivity contribution in [3.8, 4) is 22.5 Å². The van der Waals surface area contributed by atoms with E-state index in [4.69, 9.17) is 4.42 Å². The molecule has 1 aromatic heterocycles. The minimum Gasteiger partial charge on any atom is -0.481 e. The zero-order valence-electron chi connectivity index (χ0n) is 22.0. The van der Waals surface area contributed by atoms with Crippen LogP contribution < -0.4 is 10.6 Å². The molecule has 0 bridgehead atoms. The molecule has 3 aromatic carbocycles. The standard InChI is InChI=1S/C31H28F2N2O5/c1-3-16-10-21(11-16)35-30(38)23-12-18(6-9-25(23)33)22-15-24-26(13-19(22)14-27(36)37)40-29(28(24)31(39)34-2)17-4-7-20(32)8-5-17/h4-9,12-13,15-16,21H,3,10-11,14H2,1-2H3,(H,34,39)(H,35,38)(H,36,37). The Balaban J connectivity index is 1.63. The first kappa shape index (κ1) is 27.1. The average Bonchev–Trinajstić information content (AvgIpc) is 3.28. The Kier molecular flexibility index (Phi) is 7.38. The third-order valence-electron chi connectivity index (χ3n) is 7.49. The van der Waals surface area contributed by atoms with E-state index in [1.165, 1.54) is 55.6 Å². The van der Waals surface area contributed by atoms with Gasteiger partial charge in [0.15, 0.2) is 0 Å². The van der Waals surface area contributed by atoms with Crippen molar-refractivity contribution >= 4 is 28.8 Å². The number of furan rings is 1. The van der Waals surface area contributed by atoms with Crippen LogP contribution >= 0.6 is 0 Å². The number of carboxylic acid groups (broad SMARTS) is 1. The zero-order chi connectivity index (χ0) is 28.6. The van der Waals surface area contributed by atoms with Crippen LogP contribution in [0.15, 0.2) is 59.0 Å². The molecule has 0 radical (unpaired) electrons. The van der Waals surface area contributed by atoms with Gasteiger partial charge in [-0.15, -0.1) is 0 Å². The Morgan fingerprint density at radius 1 is 0.975 bits per heavy atom. The van der Waals surface area contributed by atoms with Crippen molar-refractivity contribution in [3.05, 3.63) is 82.9 Å². The number of carbonyl (C=O) groups excluding carboxylic acids is 2. The van der Waals surface area contributed by atoms with Crippen molar-refractivity contribution in [2.24, 2.45) is 5.92 Å². The minimum absolute atomic E-state index is 0.00893. The van der Waals surface area contributed by atoms with Gasteiger partial charge in [-0.25, -0.2) is 8.78 Å². The summed E-state index contributed by atoms with van der Waals surface area (Å²) in [7, 11) is 1.46. The van der Waals surface area contributed by atoms with Crippen LogP contribution in [0, 0.1) is 17.6 Å². The Labute approximate surface area is 229 Å². The third kappa shape index (κ3) is 5.19. The molecule has 1 fully saturated rings. The fraction of sp³-hybridized carbons (Fsp3) is 0.258. The van der Waals surface area contributed by atoms with Crippen LogP contribution in [0.3, 0.4) is 0 Å². The highest BCUT2D eigenvalue weighted by Gasteiger charge is 2.30. The summed E-state index contributed by atoms with van der Waals surface area (Å²) in [4.78, 5) is 37.7. The first-order chi connectivity index (χ1) is 19.2. The second-order valence-corrected chi connectivity index (χ2v) is 10.1. The van der Waals surface area contributed by atoms with Gasteiger partial charge in [0.05, 0.1) is 17.5 Å². The largest absolute Gasteiger partial charge is 0.481 e. The van der Waals surface area contributed by atoms with Crippen molar-refractivity contribution in [1.82, 2.24) is 10.6 Å². The summed E-state index contributed by atoms with van der Waals surface area (Å²) in [6.45, 7) is 2.09. The SMILES string of the molecule is CCC1CC(NC(=O)c2cc(-c3cc4c(C(=O)NC)c(-c5ccc(F)cc5)oc4cc3CC(=O)O)ccc2F)C1. The smallest absolute Gasteiger partial charge is 0.307 e. The van der Waals surface area contributed by atoms with Crippen molar-refractivity contribution in [1.29, 1.82) is 0 Å². The van der Waals surface area contributed by atoms with Gasteiger partial charge in [0.1, 0.15) is 23.0 Å². The fourth-order valence-corrected chi connectivity index (χ4v) is 5.23. The van der Waals surface area contributed by atoms with Crippen LogP contribution in [-0.2, 0) is 11.2 Å². The molecule has 0 unspecified atom stereocenters. The number of halogens is 2. The first-order valence-electron chi connectivity index (χ1n) is 13.1. The molecule has 0 spiro atoms. The van der Waals surface area contributed by atoms with Gasteiger partial charge < -0.3 is 20.2 Å². The molecule has 1 aliphatic rings. The Hall–Kier alpha value is -4.53. The lowest BCUT2D eigenvalue weighted by Crippen LogP contribution is -2.44. The molecule has 0 atom stereocenters. The van der Waals surface area contributed by atoms with E-state index in [-0.39, 0.29) is 34.9 Å². The van der Waals surface area contributed by atoms with Crippen molar-refractivity contribution in [3.63, 3.8) is 0 Å².